The zero-order chi connectivity index (χ0) is 19.7. The first-order chi connectivity index (χ1) is 13.4. The van der Waals surface area contributed by atoms with Crippen LogP contribution in [0.5, 0.6) is 0 Å². The van der Waals surface area contributed by atoms with Gasteiger partial charge in [-0.05, 0) is 68.4 Å². The zero-order valence-electron chi connectivity index (χ0n) is 16.4. The maximum Gasteiger partial charge on any atom is 0.170 e. The number of nitrogens with zero attached hydrogens (tertiary/aromatic N) is 4. The first kappa shape index (κ1) is 18.6. The molecule has 1 fully saturated rings. The lowest BCUT2D eigenvalue weighted by Gasteiger charge is -2.27. The molecule has 5 nitrogen and oxygen atoms in total. The van der Waals surface area contributed by atoms with Gasteiger partial charge in [0.05, 0.1) is 17.8 Å². The summed E-state index contributed by atoms with van der Waals surface area (Å²) in [5.74, 6) is 0. The van der Waals surface area contributed by atoms with Gasteiger partial charge in [0.15, 0.2) is 5.11 Å². The van der Waals surface area contributed by atoms with E-state index in [2.05, 4.69) is 76.1 Å². The molecular weight excluding hydrogens is 366 g/mol. The van der Waals surface area contributed by atoms with Gasteiger partial charge in [-0.3, -0.25) is 9.97 Å². The first-order valence-corrected chi connectivity index (χ1v) is 9.89. The van der Waals surface area contributed by atoms with E-state index >= 15 is 0 Å². The number of aromatic nitrogens is 3. The highest BCUT2D eigenvalue weighted by atomic mass is 32.1. The molecule has 1 aliphatic heterocycles. The van der Waals surface area contributed by atoms with Gasteiger partial charge in [0.25, 0.3) is 0 Å². The van der Waals surface area contributed by atoms with E-state index < -0.39 is 0 Å². The number of nitrogens with one attached hydrogen (secondary N) is 1. The second kappa shape index (κ2) is 7.36. The minimum absolute atomic E-state index is 0.00110. The zero-order valence-corrected chi connectivity index (χ0v) is 17.2. The van der Waals surface area contributed by atoms with Gasteiger partial charge in [-0.25, -0.2) is 0 Å². The number of hydrogen-bond acceptors (Lipinski definition) is 3. The molecule has 1 aliphatic rings. The van der Waals surface area contributed by atoms with Gasteiger partial charge >= 0.3 is 0 Å². The molecule has 0 amide bonds. The Balaban J connectivity index is 1.74. The lowest BCUT2D eigenvalue weighted by atomic mass is 9.98. The lowest BCUT2D eigenvalue weighted by Crippen LogP contribution is -2.29. The Bertz CT molecular complexity index is 946. The van der Waals surface area contributed by atoms with E-state index in [0.717, 1.165) is 16.4 Å². The van der Waals surface area contributed by atoms with E-state index in [1.165, 1.54) is 5.56 Å². The SMILES string of the molecule is CC(C)(C)n1ccc([C@H]2[C@H](c3ccccn3)NC(=S)N2Cc2cccnc2)c1. The molecule has 0 radical (unpaired) electrons. The third-order valence-electron chi connectivity index (χ3n) is 5.11. The summed E-state index contributed by atoms with van der Waals surface area (Å²) >= 11 is 5.73. The third kappa shape index (κ3) is 3.64. The van der Waals surface area contributed by atoms with Crippen LogP contribution >= 0.6 is 12.2 Å². The normalized spacial score (nSPS) is 19.7. The van der Waals surface area contributed by atoms with Crippen molar-refractivity contribution in [3.63, 3.8) is 0 Å². The molecule has 3 aromatic heterocycles. The van der Waals surface area contributed by atoms with Crippen LogP contribution in [0.2, 0.25) is 0 Å². The van der Waals surface area contributed by atoms with Crippen LogP contribution in [0.25, 0.3) is 0 Å². The fourth-order valence-corrected chi connectivity index (χ4v) is 3.94. The number of hydrogen-bond donors (Lipinski definition) is 1. The van der Waals surface area contributed by atoms with Crippen molar-refractivity contribution < 1.29 is 0 Å². The first-order valence-electron chi connectivity index (χ1n) is 9.49. The van der Waals surface area contributed by atoms with Crippen molar-refractivity contribution in [2.45, 2.75) is 44.9 Å². The minimum Gasteiger partial charge on any atom is -0.352 e. The molecule has 0 spiro atoms. The van der Waals surface area contributed by atoms with Crippen molar-refractivity contribution in [3.8, 4) is 0 Å². The molecular formula is C22H25N5S. The van der Waals surface area contributed by atoms with E-state index in [0.29, 0.717) is 6.54 Å². The molecule has 6 heteroatoms. The summed E-state index contributed by atoms with van der Waals surface area (Å²) in [6, 6.07) is 12.3. The van der Waals surface area contributed by atoms with Crippen molar-refractivity contribution in [1.29, 1.82) is 0 Å². The van der Waals surface area contributed by atoms with Crippen LogP contribution in [0.3, 0.4) is 0 Å². The highest BCUT2D eigenvalue weighted by Crippen LogP contribution is 2.40. The molecule has 144 valence electrons. The van der Waals surface area contributed by atoms with E-state index in [4.69, 9.17) is 12.2 Å². The van der Waals surface area contributed by atoms with Gasteiger partial charge in [0.2, 0.25) is 0 Å². The summed E-state index contributed by atoms with van der Waals surface area (Å²) in [6.07, 6.45) is 9.90. The quantitative estimate of drug-likeness (QED) is 0.675. The number of pyridine rings is 2. The minimum atomic E-state index is 0.00110. The molecule has 0 aliphatic carbocycles. The maximum absolute atomic E-state index is 5.73. The molecule has 4 rings (SSSR count). The molecule has 1 N–H and O–H groups in total. The van der Waals surface area contributed by atoms with Gasteiger partial charge < -0.3 is 14.8 Å². The molecule has 0 saturated carbocycles. The average Bonchev–Trinajstić information content (AvgIpc) is 3.29. The number of thiocarbonyl (C=S) groups is 1. The second-order valence-corrected chi connectivity index (χ2v) is 8.53. The van der Waals surface area contributed by atoms with E-state index in [9.17, 15) is 0 Å². The Morgan fingerprint density at radius 3 is 2.61 bits per heavy atom. The van der Waals surface area contributed by atoms with Gasteiger partial charge in [-0.1, -0.05) is 12.1 Å². The van der Waals surface area contributed by atoms with Gasteiger partial charge in [0, 0.05) is 43.1 Å². The van der Waals surface area contributed by atoms with Crippen LogP contribution in [0.4, 0.5) is 0 Å². The maximum atomic E-state index is 5.73. The van der Waals surface area contributed by atoms with Crippen molar-refractivity contribution in [2.24, 2.45) is 0 Å². The summed E-state index contributed by atoms with van der Waals surface area (Å²) in [5, 5.41) is 4.25. The van der Waals surface area contributed by atoms with Crippen molar-refractivity contribution in [1.82, 2.24) is 24.8 Å². The summed E-state index contributed by atoms with van der Waals surface area (Å²) in [4.78, 5) is 11.1. The van der Waals surface area contributed by atoms with Crippen LogP contribution in [0.15, 0.2) is 67.4 Å². The standard InChI is InChI=1S/C22H25N5S/c1-22(2,3)26-12-9-17(15-26)20-19(18-8-4-5-11-24-18)25-21(28)27(20)14-16-7-6-10-23-13-16/h4-13,15,19-20H,14H2,1-3H3,(H,25,28)/t19-,20-/m0/s1. The predicted molar refractivity (Wildman–Crippen MR) is 115 cm³/mol. The van der Waals surface area contributed by atoms with Crippen LogP contribution in [-0.2, 0) is 12.1 Å². The number of rotatable bonds is 4. The Morgan fingerprint density at radius 2 is 1.96 bits per heavy atom. The Kier molecular flexibility index (Phi) is 4.89. The topological polar surface area (TPSA) is 46.0 Å². The van der Waals surface area contributed by atoms with Crippen LogP contribution < -0.4 is 5.32 Å². The summed E-state index contributed by atoms with van der Waals surface area (Å²) in [7, 11) is 0. The average molecular weight is 392 g/mol. The van der Waals surface area contributed by atoms with Crippen molar-refractivity contribution in [2.75, 3.05) is 0 Å². The molecule has 0 unspecified atom stereocenters. The summed E-state index contributed by atoms with van der Waals surface area (Å²) in [5.41, 5.74) is 3.38. The van der Waals surface area contributed by atoms with Gasteiger partial charge in [-0.2, -0.15) is 0 Å². The molecule has 0 aromatic carbocycles. The summed E-state index contributed by atoms with van der Waals surface area (Å²) < 4.78 is 2.25. The highest BCUT2D eigenvalue weighted by Gasteiger charge is 2.40. The highest BCUT2D eigenvalue weighted by molar-refractivity contribution is 7.80. The fourth-order valence-electron chi connectivity index (χ4n) is 3.63. The largest absolute Gasteiger partial charge is 0.352 e. The van der Waals surface area contributed by atoms with E-state index in [1.54, 1.807) is 6.20 Å². The third-order valence-corrected chi connectivity index (χ3v) is 5.46. The van der Waals surface area contributed by atoms with Gasteiger partial charge in [0.1, 0.15) is 0 Å². The molecule has 28 heavy (non-hydrogen) atoms. The second-order valence-electron chi connectivity index (χ2n) is 8.14. The van der Waals surface area contributed by atoms with Gasteiger partial charge in [-0.15, -0.1) is 0 Å². The van der Waals surface area contributed by atoms with Crippen LogP contribution in [-0.4, -0.2) is 24.5 Å². The molecule has 3 aromatic rings. The smallest absolute Gasteiger partial charge is 0.170 e. The molecule has 2 atom stereocenters. The van der Waals surface area contributed by atoms with Crippen molar-refractivity contribution >= 4 is 17.3 Å². The Morgan fingerprint density at radius 1 is 1.11 bits per heavy atom. The Hall–Kier alpha value is -2.73. The lowest BCUT2D eigenvalue weighted by molar-refractivity contribution is 0.309. The fraction of sp³-hybridized carbons (Fsp3) is 0.318. The van der Waals surface area contributed by atoms with Crippen molar-refractivity contribution in [3.05, 3.63) is 84.2 Å². The summed E-state index contributed by atoms with van der Waals surface area (Å²) in [6.45, 7) is 7.32. The monoisotopic (exact) mass is 391 g/mol. The van der Waals surface area contributed by atoms with Crippen LogP contribution in [0.1, 0.15) is 49.7 Å². The molecule has 0 bridgehead atoms. The van der Waals surface area contributed by atoms with E-state index in [1.807, 2.05) is 30.6 Å². The van der Waals surface area contributed by atoms with Crippen LogP contribution in [0, 0.1) is 0 Å². The molecule has 1 saturated heterocycles. The Labute approximate surface area is 171 Å². The molecule has 4 heterocycles. The van der Waals surface area contributed by atoms with E-state index in [-0.39, 0.29) is 17.6 Å². The predicted octanol–water partition coefficient (Wildman–Crippen LogP) is 4.21.